The van der Waals surface area contributed by atoms with Gasteiger partial charge in [-0.1, -0.05) is 12.1 Å². The highest BCUT2D eigenvalue weighted by atomic mass is 32.1. The number of thiophene rings is 1. The summed E-state index contributed by atoms with van der Waals surface area (Å²) < 4.78 is 0. The van der Waals surface area contributed by atoms with E-state index in [2.05, 4.69) is 58.7 Å². The summed E-state index contributed by atoms with van der Waals surface area (Å²) in [6.45, 7) is 9.40. The van der Waals surface area contributed by atoms with Crippen LogP contribution in [0.25, 0.3) is 0 Å². The molecular formula is C20H27N3OS. The van der Waals surface area contributed by atoms with Crippen LogP contribution >= 0.6 is 11.3 Å². The van der Waals surface area contributed by atoms with Crippen molar-refractivity contribution in [3.63, 3.8) is 0 Å². The third kappa shape index (κ3) is 4.41. The van der Waals surface area contributed by atoms with Crippen molar-refractivity contribution in [3.05, 3.63) is 51.7 Å². The van der Waals surface area contributed by atoms with Gasteiger partial charge in [0.2, 0.25) is 5.91 Å². The quantitative estimate of drug-likeness (QED) is 0.822. The van der Waals surface area contributed by atoms with E-state index in [1.165, 1.54) is 22.4 Å². The first-order valence-electron chi connectivity index (χ1n) is 8.83. The summed E-state index contributed by atoms with van der Waals surface area (Å²) in [5.41, 5.74) is 5.24. The Morgan fingerprint density at radius 2 is 1.92 bits per heavy atom. The molecule has 2 aromatic rings. The zero-order chi connectivity index (χ0) is 17.8. The highest BCUT2D eigenvalue weighted by Crippen LogP contribution is 2.23. The van der Waals surface area contributed by atoms with Gasteiger partial charge in [-0.2, -0.15) is 11.3 Å². The maximum atomic E-state index is 12.5. The number of nitrogens with zero attached hydrogens (tertiary/aromatic N) is 3. The fourth-order valence-electron chi connectivity index (χ4n) is 3.28. The molecule has 5 heteroatoms. The number of benzene rings is 1. The Hall–Kier alpha value is -1.85. The van der Waals surface area contributed by atoms with Crippen LogP contribution in [0.2, 0.25) is 0 Å². The van der Waals surface area contributed by atoms with E-state index in [0.29, 0.717) is 13.1 Å². The summed E-state index contributed by atoms with van der Waals surface area (Å²) in [6.07, 6.45) is 0. The average molecular weight is 358 g/mol. The lowest BCUT2D eigenvalue weighted by atomic mass is 10.1. The standard InChI is InChI=1S/C20H27N3OS/c1-16-5-4-6-19(17(16)2)23-10-8-22(9-11-23)14-20(24)21(3)13-18-7-12-25-15-18/h4-7,12,15H,8-11,13-14H2,1-3H3. The second kappa shape index (κ2) is 8.02. The lowest BCUT2D eigenvalue weighted by Gasteiger charge is -2.37. The molecule has 3 rings (SSSR count). The van der Waals surface area contributed by atoms with Gasteiger partial charge in [0.05, 0.1) is 6.54 Å². The summed E-state index contributed by atoms with van der Waals surface area (Å²) in [6, 6.07) is 8.58. The lowest BCUT2D eigenvalue weighted by molar-refractivity contribution is -0.131. The van der Waals surface area contributed by atoms with Gasteiger partial charge in [0.15, 0.2) is 0 Å². The van der Waals surface area contributed by atoms with Gasteiger partial charge in [-0.3, -0.25) is 9.69 Å². The molecule has 0 aliphatic carbocycles. The first-order valence-corrected chi connectivity index (χ1v) is 9.77. The van der Waals surface area contributed by atoms with Crippen molar-refractivity contribution in [1.82, 2.24) is 9.80 Å². The van der Waals surface area contributed by atoms with Crippen molar-refractivity contribution in [1.29, 1.82) is 0 Å². The zero-order valence-corrected chi connectivity index (χ0v) is 16.2. The largest absolute Gasteiger partial charge is 0.369 e. The van der Waals surface area contributed by atoms with Crippen LogP contribution < -0.4 is 4.90 Å². The topological polar surface area (TPSA) is 26.8 Å². The first-order chi connectivity index (χ1) is 12.0. The van der Waals surface area contributed by atoms with E-state index in [4.69, 9.17) is 0 Å². The smallest absolute Gasteiger partial charge is 0.236 e. The number of amides is 1. The van der Waals surface area contributed by atoms with Crippen molar-refractivity contribution in [3.8, 4) is 0 Å². The van der Waals surface area contributed by atoms with Crippen molar-refractivity contribution < 1.29 is 4.79 Å². The maximum Gasteiger partial charge on any atom is 0.236 e. The van der Waals surface area contributed by atoms with Gasteiger partial charge in [0.25, 0.3) is 0 Å². The number of rotatable bonds is 5. The molecule has 4 nitrogen and oxygen atoms in total. The van der Waals surface area contributed by atoms with Crippen molar-refractivity contribution in [2.75, 3.05) is 44.7 Å². The lowest BCUT2D eigenvalue weighted by Crippen LogP contribution is -2.49. The van der Waals surface area contributed by atoms with Crippen LogP contribution in [0.5, 0.6) is 0 Å². The van der Waals surface area contributed by atoms with Crippen LogP contribution in [0, 0.1) is 13.8 Å². The van der Waals surface area contributed by atoms with Crippen LogP contribution in [-0.2, 0) is 11.3 Å². The fourth-order valence-corrected chi connectivity index (χ4v) is 3.94. The first kappa shape index (κ1) is 18.0. The molecule has 0 radical (unpaired) electrons. The van der Waals surface area contributed by atoms with E-state index in [9.17, 15) is 4.79 Å². The molecule has 0 N–H and O–H groups in total. The van der Waals surface area contributed by atoms with Crippen LogP contribution in [0.1, 0.15) is 16.7 Å². The van der Waals surface area contributed by atoms with Crippen LogP contribution in [-0.4, -0.2) is 55.5 Å². The van der Waals surface area contributed by atoms with Crippen molar-refractivity contribution in [2.45, 2.75) is 20.4 Å². The number of carbonyl (C=O) groups is 1. The predicted octanol–water partition coefficient (Wildman–Crippen LogP) is 3.15. The third-order valence-electron chi connectivity index (χ3n) is 5.07. The Kier molecular flexibility index (Phi) is 5.76. The average Bonchev–Trinajstić information content (AvgIpc) is 3.11. The summed E-state index contributed by atoms with van der Waals surface area (Å²) in [7, 11) is 1.90. The van der Waals surface area contributed by atoms with E-state index in [1.54, 1.807) is 11.3 Å². The molecule has 1 saturated heterocycles. The van der Waals surface area contributed by atoms with E-state index in [1.807, 2.05) is 11.9 Å². The monoisotopic (exact) mass is 357 g/mol. The van der Waals surface area contributed by atoms with Crippen molar-refractivity contribution in [2.24, 2.45) is 0 Å². The fraction of sp³-hybridized carbons (Fsp3) is 0.450. The van der Waals surface area contributed by atoms with Gasteiger partial charge in [-0.05, 0) is 53.4 Å². The summed E-state index contributed by atoms with van der Waals surface area (Å²) in [4.78, 5) is 19.0. The Bertz CT molecular complexity index is 706. The molecule has 0 spiro atoms. The van der Waals surface area contributed by atoms with E-state index in [-0.39, 0.29) is 5.91 Å². The second-order valence-electron chi connectivity index (χ2n) is 6.86. The minimum Gasteiger partial charge on any atom is -0.369 e. The minimum absolute atomic E-state index is 0.200. The molecule has 1 aliphatic heterocycles. The molecule has 1 aliphatic rings. The Morgan fingerprint density at radius 1 is 1.16 bits per heavy atom. The van der Waals surface area contributed by atoms with Crippen LogP contribution in [0.4, 0.5) is 5.69 Å². The normalized spacial score (nSPS) is 15.4. The molecule has 1 aromatic heterocycles. The van der Waals surface area contributed by atoms with Gasteiger partial charge in [-0.15, -0.1) is 0 Å². The van der Waals surface area contributed by atoms with Crippen molar-refractivity contribution >= 4 is 22.9 Å². The maximum absolute atomic E-state index is 12.5. The SMILES string of the molecule is Cc1cccc(N2CCN(CC(=O)N(C)Cc3ccsc3)CC2)c1C. The zero-order valence-electron chi connectivity index (χ0n) is 15.4. The Morgan fingerprint density at radius 3 is 2.60 bits per heavy atom. The molecule has 0 unspecified atom stereocenters. The molecule has 0 bridgehead atoms. The number of anilines is 1. The number of hydrogen-bond acceptors (Lipinski definition) is 4. The van der Waals surface area contributed by atoms with Crippen LogP contribution in [0.15, 0.2) is 35.0 Å². The van der Waals surface area contributed by atoms with Gasteiger partial charge < -0.3 is 9.80 Å². The number of likely N-dealkylation sites (N-methyl/N-ethyl adjacent to an activating group) is 1. The van der Waals surface area contributed by atoms with Gasteiger partial charge in [0.1, 0.15) is 0 Å². The van der Waals surface area contributed by atoms with Gasteiger partial charge in [-0.25, -0.2) is 0 Å². The summed E-state index contributed by atoms with van der Waals surface area (Å²) in [5, 5.41) is 4.16. The molecule has 1 amide bonds. The molecule has 134 valence electrons. The molecule has 1 aromatic carbocycles. The third-order valence-corrected chi connectivity index (χ3v) is 5.81. The summed E-state index contributed by atoms with van der Waals surface area (Å²) >= 11 is 1.68. The minimum atomic E-state index is 0.200. The van der Waals surface area contributed by atoms with E-state index in [0.717, 1.165) is 26.2 Å². The highest BCUT2D eigenvalue weighted by molar-refractivity contribution is 7.07. The molecule has 0 saturated carbocycles. The Labute approximate surface area is 154 Å². The number of aryl methyl sites for hydroxylation is 1. The Balaban J connectivity index is 1.50. The highest BCUT2D eigenvalue weighted by Gasteiger charge is 2.21. The number of hydrogen-bond donors (Lipinski definition) is 0. The van der Waals surface area contributed by atoms with Gasteiger partial charge >= 0.3 is 0 Å². The summed E-state index contributed by atoms with van der Waals surface area (Å²) in [5.74, 6) is 0.200. The molecule has 2 heterocycles. The molecule has 25 heavy (non-hydrogen) atoms. The molecule has 0 atom stereocenters. The van der Waals surface area contributed by atoms with Crippen LogP contribution in [0.3, 0.4) is 0 Å². The molecular weight excluding hydrogens is 330 g/mol. The van der Waals surface area contributed by atoms with E-state index >= 15 is 0 Å². The van der Waals surface area contributed by atoms with Gasteiger partial charge in [0, 0.05) is 45.5 Å². The number of piperazine rings is 1. The van der Waals surface area contributed by atoms with E-state index < -0.39 is 0 Å². The second-order valence-corrected chi connectivity index (χ2v) is 7.64. The molecule has 1 fully saturated rings. The predicted molar refractivity (Wildman–Crippen MR) is 105 cm³/mol. The number of carbonyl (C=O) groups excluding carboxylic acids is 1.